The Bertz CT molecular complexity index is 872. The number of rotatable bonds is 10. The van der Waals surface area contributed by atoms with Crippen LogP contribution in [0.4, 0.5) is 5.82 Å². The van der Waals surface area contributed by atoms with Crippen LogP contribution in [0, 0.1) is 0 Å². The first kappa shape index (κ1) is 26.9. The second kappa shape index (κ2) is 14.7. The summed E-state index contributed by atoms with van der Waals surface area (Å²) in [6.07, 6.45) is 6.28. The molecule has 188 valence electrons. The first-order valence-corrected chi connectivity index (χ1v) is 14.1. The fourth-order valence-electron chi connectivity index (χ4n) is 4.58. The van der Waals surface area contributed by atoms with Crippen LogP contribution in [0.2, 0.25) is 0 Å². The highest BCUT2D eigenvalue weighted by molar-refractivity contribution is 7.98. The number of nitrogen functional groups attached to an aromatic ring is 1. The second-order valence-corrected chi connectivity index (χ2v) is 10.3. The lowest BCUT2D eigenvalue weighted by Gasteiger charge is -2.21. The molecule has 2 aliphatic heterocycles. The van der Waals surface area contributed by atoms with Crippen molar-refractivity contribution in [2.75, 3.05) is 57.9 Å². The van der Waals surface area contributed by atoms with Gasteiger partial charge < -0.3 is 15.4 Å². The SMILES string of the molecule is CCCN(CCOC)Cc1cccc(-c2nc(N)c3c(n2)CCSC3)c1.CCCN1CCCC1. The van der Waals surface area contributed by atoms with Crippen molar-refractivity contribution in [1.82, 2.24) is 19.8 Å². The van der Waals surface area contributed by atoms with Crippen molar-refractivity contribution in [2.24, 2.45) is 0 Å². The van der Waals surface area contributed by atoms with Crippen molar-refractivity contribution in [3.05, 3.63) is 41.1 Å². The summed E-state index contributed by atoms with van der Waals surface area (Å²) in [4.78, 5) is 14.4. The number of methoxy groups -OCH3 is 1. The third-order valence-corrected chi connectivity index (χ3v) is 7.32. The summed E-state index contributed by atoms with van der Waals surface area (Å²) in [5, 5.41) is 0. The predicted molar refractivity (Wildman–Crippen MR) is 145 cm³/mol. The van der Waals surface area contributed by atoms with Crippen LogP contribution < -0.4 is 5.73 Å². The average Bonchev–Trinajstić information content (AvgIpc) is 3.37. The van der Waals surface area contributed by atoms with Crippen LogP contribution >= 0.6 is 11.8 Å². The number of aryl methyl sites for hydroxylation is 1. The topological polar surface area (TPSA) is 67.5 Å². The molecule has 4 rings (SSSR count). The summed E-state index contributed by atoms with van der Waals surface area (Å²) in [7, 11) is 1.75. The molecule has 1 aromatic heterocycles. The maximum Gasteiger partial charge on any atom is 0.161 e. The molecule has 0 spiro atoms. The van der Waals surface area contributed by atoms with Gasteiger partial charge in [0.15, 0.2) is 5.82 Å². The molecule has 0 aliphatic carbocycles. The van der Waals surface area contributed by atoms with E-state index in [0.29, 0.717) is 5.82 Å². The summed E-state index contributed by atoms with van der Waals surface area (Å²) in [6.45, 7) is 12.1. The highest BCUT2D eigenvalue weighted by atomic mass is 32.2. The number of likely N-dealkylation sites (tertiary alicyclic amines) is 1. The van der Waals surface area contributed by atoms with Gasteiger partial charge in [-0.15, -0.1) is 0 Å². The van der Waals surface area contributed by atoms with E-state index in [9.17, 15) is 0 Å². The van der Waals surface area contributed by atoms with Gasteiger partial charge in [0.25, 0.3) is 0 Å². The number of aromatic nitrogens is 2. The van der Waals surface area contributed by atoms with Crippen LogP contribution in [0.3, 0.4) is 0 Å². The Labute approximate surface area is 210 Å². The zero-order valence-electron chi connectivity index (χ0n) is 21.4. The van der Waals surface area contributed by atoms with E-state index >= 15 is 0 Å². The van der Waals surface area contributed by atoms with Gasteiger partial charge in [-0.05, 0) is 75.7 Å². The highest BCUT2D eigenvalue weighted by Gasteiger charge is 2.17. The van der Waals surface area contributed by atoms with Crippen molar-refractivity contribution >= 4 is 17.6 Å². The van der Waals surface area contributed by atoms with Crippen LogP contribution in [-0.4, -0.2) is 72.0 Å². The molecule has 7 heteroatoms. The summed E-state index contributed by atoms with van der Waals surface area (Å²) in [6, 6.07) is 8.51. The van der Waals surface area contributed by atoms with Gasteiger partial charge in [-0.25, -0.2) is 9.97 Å². The van der Waals surface area contributed by atoms with Gasteiger partial charge in [0.05, 0.1) is 12.3 Å². The van der Waals surface area contributed by atoms with Crippen LogP contribution in [0.5, 0.6) is 0 Å². The van der Waals surface area contributed by atoms with Gasteiger partial charge >= 0.3 is 0 Å². The van der Waals surface area contributed by atoms with Crippen LogP contribution in [-0.2, 0) is 23.5 Å². The Morgan fingerprint density at radius 2 is 1.94 bits per heavy atom. The van der Waals surface area contributed by atoms with Gasteiger partial charge in [0.2, 0.25) is 0 Å². The quantitative estimate of drug-likeness (QED) is 0.515. The lowest BCUT2D eigenvalue weighted by atomic mass is 10.1. The van der Waals surface area contributed by atoms with E-state index in [4.69, 9.17) is 15.5 Å². The Hall–Kier alpha value is -1.67. The third kappa shape index (κ3) is 8.22. The van der Waals surface area contributed by atoms with E-state index in [0.717, 1.165) is 73.2 Å². The normalized spacial score (nSPS) is 15.8. The van der Waals surface area contributed by atoms with Crippen molar-refractivity contribution in [1.29, 1.82) is 0 Å². The fraction of sp³-hybridized carbons (Fsp3) is 0.630. The summed E-state index contributed by atoms with van der Waals surface area (Å²) >= 11 is 1.90. The Kier molecular flexibility index (Phi) is 11.6. The molecule has 1 aromatic carbocycles. The van der Waals surface area contributed by atoms with Gasteiger partial charge in [-0.1, -0.05) is 32.0 Å². The molecular weight excluding hydrogens is 442 g/mol. The third-order valence-electron chi connectivity index (χ3n) is 6.34. The Balaban J connectivity index is 0.000000343. The van der Waals surface area contributed by atoms with E-state index in [-0.39, 0.29) is 0 Å². The first-order chi connectivity index (χ1) is 16.6. The van der Waals surface area contributed by atoms with Gasteiger partial charge in [0, 0.05) is 37.1 Å². The minimum atomic E-state index is 0.635. The molecule has 0 amide bonds. The molecule has 0 atom stereocenters. The van der Waals surface area contributed by atoms with Gasteiger partial charge in [-0.2, -0.15) is 11.8 Å². The Morgan fingerprint density at radius 3 is 2.68 bits per heavy atom. The molecule has 3 heterocycles. The van der Waals surface area contributed by atoms with Crippen LogP contribution in [0.25, 0.3) is 11.4 Å². The Morgan fingerprint density at radius 1 is 1.12 bits per heavy atom. The van der Waals surface area contributed by atoms with E-state index in [2.05, 4.69) is 52.9 Å². The zero-order chi connectivity index (χ0) is 24.2. The van der Waals surface area contributed by atoms with Gasteiger partial charge in [-0.3, -0.25) is 4.90 Å². The number of hydrogen-bond acceptors (Lipinski definition) is 7. The maximum atomic E-state index is 6.21. The molecule has 2 aromatic rings. The lowest BCUT2D eigenvalue weighted by Crippen LogP contribution is -2.27. The molecule has 2 aliphatic rings. The number of hydrogen-bond donors (Lipinski definition) is 1. The molecule has 0 saturated carbocycles. The summed E-state index contributed by atoms with van der Waals surface area (Å²) in [5.74, 6) is 3.41. The molecular formula is C27H43N5OS. The number of benzene rings is 1. The van der Waals surface area contributed by atoms with Crippen LogP contribution in [0.1, 0.15) is 56.4 Å². The van der Waals surface area contributed by atoms with Crippen LogP contribution in [0.15, 0.2) is 24.3 Å². The van der Waals surface area contributed by atoms with E-state index in [1.54, 1.807) is 7.11 Å². The monoisotopic (exact) mass is 485 g/mol. The predicted octanol–water partition coefficient (Wildman–Crippen LogP) is 4.87. The van der Waals surface area contributed by atoms with Crippen molar-refractivity contribution in [3.8, 4) is 11.4 Å². The summed E-state index contributed by atoms with van der Waals surface area (Å²) in [5.41, 5.74) is 10.7. The first-order valence-electron chi connectivity index (χ1n) is 12.9. The number of nitrogens with zero attached hydrogens (tertiary/aromatic N) is 4. The van der Waals surface area contributed by atoms with Crippen molar-refractivity contribution in [2.45, 2.75) is 58.2 Å². The maximum absolute atomic E-state index is 6.21. The smallest absolute Gasteiger partial charge is 0.161 e. The van der Waals surface area contributed by atoms with Crippen molar-refractivity contribution in [3.63, 3.8) is 0 Å². The van der Waals surface area contributed by atoms with E-state index in [1.165, 1.54) is 44.5 Å². The molecule has 0 unspecified atom stereocenters. The minimum absolute atomic E-state index is 0.635. The van der Waals surface area contributed by atoms with Gasteiger partial charge in [0.1, 0.15) is 5.82 Å². The fourth-order valence-corrected chi connectivity index (χ4v) is 5.58. The number of nitrogens with two attached hydrogens (primary N) is 1. The number of ether oxygens (including phenoxy) is 1. The standard InChI is InChI=1S/C20H28N4OS.C7H15N/c1-3-8-24(9-10-25-2)13-15-5-4-6-16(12-15)20-22-18-7-11-26-14-17(18)19(21)23-20;1-2-5-8-6-3-4-7-8/h4-6,12H,3,7-11,13-14H2,1-2H3,(H2,21,22,23);2-7H2,1H3. The number of thioether (sulfide) groups is 1. The molecule has 0 radical (unpaired) electrons. The van der Waals surface area contributed by atoms with Crippen molar-refractivity contribution < 1.29 is 4.74 Å². The lowest BCUT2D eigenvalue weighted by molar-refractivity contribution is 0.144. The average molecular weight is 486 g/mol. The molecule has 34 heavy (non-hydrogen) atoms. The largest absolute Gasteiger partial charge is 0.383 e. The molecule has 2 N–H and O–H groups in total. The zero-order valence-corrected chi connectivity index (χ0v) is 22.2. The van der Waals surface area contributed by atoms with E-state index in [1.807, 2.05) is 11.8 Å². The minimum Gasteiger partial charge on any atom is -0.383 e. The number of fused-ring (bicyclic) bond motifs is 1. The molecule has 1 saturated heterocycles. The molecule has 6 nitrogen and oxygen atoms in total. The molecule has 0 bridgehead atoms. The summed E-state index contributed by atoms with van der Waals surface area (Å²) < 4.78 is 5.24. The second-order valence-electron chi connectivity index (χ2n) is 9.18. The molecule has 1 fully saturated rings. The highest BCUT2D eigenvalue weighted by Crippen LogP contribution is 2.29. The van der Waals surface area contributed by atoms with E-state index < -0.39 is 0 Å². The number of anilines is 1.